The number of thioether (sulfide) groups is 1. The van der Waals surface area contributed by atoms with E-state index >= 15 is 0 Å². The van der Waals surface area contributed by atoms with Gasteiger partial charge in [-0.3, -0.25) is 4.90 Å². The summed E-state index contributed by atoms with van der Waals surface area (Å²) < 4.78 is 7.82. The topological polar surface area (TPSA) is 43.2 Å². The van der Waals surface area contributed by atoms with Crippen molar-refractivity contribution >= 4 is 11.8 Å². The van der Waals surface area contributed by atoms with Crippen LogP contribution in [0.2, 0.25) is 0 Å². The first-order valence-corrected chi connectivity index (χ1v) is 8.91. The number of hydrogen-bond donors (Lipinski definition) is 0. The van der Waals surface area contributed by atoms with Gasteiger partial charge in [-0.15, -0.1) is 11.8 Å². The molecule has 5 nitrogen and oxygen atoms in total. The molecule has 6 heteroatoms. The van der Waals surface area contributed by atoms with Crippen LogP contribution < -0.4 is 4.74 Å². The van der Waals surface area contributed by atoms with Gasteiger partial charge in [-0.25, -0.2) is 9.67 Å². The predicted molar refractivity (Wildman–Crippen MR) is 88.5 cm³/mol. The van der Waals surface area contributed by atoms with Crippen molar-refractivity contribution < 1.29 is 4.74 Å². The van der Waals surface area contributed by atoms with Gasteiger partial charge in [0.2, 0.25) is 0 Å². The SMILES string of the molecule is CSc1ccc(OCCN2CCC(n3cncn3)CC2)cc1. The van der Waals surface area contributed by atoms with Gasteiger partial charge in [0.1, 0.15) is 25.0 Å². The molecule has 1 aliphatic rings. The van der Waals surface area contributed by atoms with Crippen molar-refractivity contribution in [3.8, 4) is 5.75 Å². The Morgan fingerprint density at radius 3 is 2.64 bits per heavy atom. The monoisotopic (exact) mass is 318 g/mol. The van der Waals surface area contributed by atoms with E-state index < -0.39 is 0 Å². The Kier molecular flexibility index (Phi) is 5.34. The van der Waals surface area contributed by atoms with Gasteiger partial charge < -0.3 is 4.74 Å². The molecule has 0 saturated carbocycles. The number of aromatic nitrogens is 3. The molecule has 0 unspecified atom stereocenters. The fourth-order valence-corrected chi connectivity index (χ4v) is 3.19. The van der Waals surface area contributed by atoms with Crippen LogP contribution >= 0.6 is 11.8 Å². The van der Waals surface area contributed by atoms with Gasteiger partial charge >= 0.3 is 0 Å². The third-order valence-electron chi connectivity index (χ3n) is 4.10. The molecule has 1 aromatic carbocycles. The Morgan fingerprint density at radius 2 is 2.00 bits per heavy atom. The van der Waals surface area contributed by atoms with Crippen LogP contribution in [0.25, 0.3) is 0 Å². The molecule has 118 valence electrons. The molecule has 1 aromatic heterocycles. The van der Waals surface area contributed by atoms with Crippen LogP contribution in [0.3, 0.4) is 0 Å². The van der Waals surface area contributed by atoms with Gasteiger partial charge in [-0.2, -0.15) is 5.10 Å². The van der Waals surface area contributed by atoms with E-state index in [4.69, 9.17) is 4.74 Å². The molecule has 22 heavy (non-hydrogen) atoms. The zero-order valence-corrected chi connectivity index (χ0v) is 13.7. The van der Waals surface area contributed by atoms with Crippen LogP contribution in [0.1, 0.15) is 18.9 Å². The maximum atomic E-state index is 5.83. The average Bonchev–Trinajstić information content (AvgIpc) is 3.11. The lowest BCUT2D eigenvalue weighted by Crippen LogP contribution is -2.37. The summed E-state index contributed by atoms with van der Waals surface area (Å²) >= 11 is 1.75. The Labute approximate surface area is 135 Å². The quantitative estimate of drug-likeness (QED) is 0.766. The first-order valence-electron chi connectivity index (χ1n) is 7.68. The molecular weight excluding hydrogens is 296 g/mol. The number of rotatable bonds is 6. The van der Waals surface area contributed by atoms with Crippen LogP contribution in [-0.2, 0) is 0 Å². The number of piperidine rings is 1. The summed E-state index contributed by atoms with van der Waals surface area (Å²) in [5.41, 5.74) is 0. The normalized spacial score (nSPS) is 16.8. The summed E-state index contributed by atoms with van der Waals surface area (Å²) in [5.74, 6) is 0.954. The highest BCUT2D eigenvalue weighted by Gasteiger charge is 2.20. The Balaban J connectivity index is 1.38. The Hall–Kier alpha value is -1.53. The highest BCUT2D eigenvalue weighted by molar-refractivity contribution is 7.98. The summed E-state index contributed by atoms with van der Waals surface area (Å²) in [4.78, 5) is 7.76. The van der Waals surface area contributed by atoms with Crippen molar-refractivity contribution in [2.45, 2.75) is 23.8 Å². The molecule has 0 atom stereocenters. The zero-order valence-electron chi connectivity index (χ0n) is 12.9. The third kappa shape index (κ3) is 4.01. The fraction of sp³-hybridized carbons (Fsp3) is 0.500. The fourth-order valence-electron chi connectivity index (χ4n) is 2.78. The number of nitrogens with zero attached hydrogens (tertiary/aromatic N) is 4. The van der Waals surface area contributed by atoms with Crippen molar-refractivity contribution in [1.29, 1.82) is 0 Å². The van der Waals surface area contributed by atoms with Gasteiger partial charge in [0.05, 0.1) is 6.04 Å². The number of likely N-dealkylation sites (tertiary alicyclic amines) is 1. The van der Waals surface area contributed by atoms with E-state index in [-0.39, 0.29) is 0 Å². The van der Waals surface area contributed by atoms with E-state index in [2.05, 4.69) is 33.4 Å². The minimum absolute atomic E-state index is 0.499. The zero-order chi connectivity index (χ0) is 15.2. The van der Waals surface area contributed by atoms with Crippen LogP contribution in [-0.4, -0.2) is 52.2 Å². The van der Waals surface area contributed by atoms with Crippen LogP contribution in [0, 0.1) is 0 Å². The van der Waals surface area contributed by atoms with Crippen molar-refractivity contribution in [1.82, 2.24) is 19.7 Å². The molecule has 0 radical (unpaired) electrons. The molecule has 0 spiro atoms. The molecule has 0 N–H and O–H groups in total. The van der Waals surface area contributed by atoms with Crippen LogP contribution in [0.4, 0.5) is 0 Å². The highest BCUT2D eigenvalue weighted by Crippen LogP contribution is 2.21. The summed E-state index contributed by atoms with van der Waals surface area (Å²) in [5, 5.41) is 4.24. The number of ether oxygens (including phenoxy) is 1. The molecule has 3 rings (SSSR count). The van der Waals surface area contributed by atoms with Gasteiger partial charge in [0, 0.05) is 24.5 Å². The van der Waals surface area contributed by atoms with E-state index in [1.54, 1.807) is 18.1 Å². The smallest absolute Gasteiger partial charge is 0.137 e. The Bertz CT molecular complexity index is 550. The number of hydrogen-bond acceptors (Lipinski definition) is 5. The summed E-state index contributed by atoms with van der Waals surface area (Å²) in [6, 6.07) is 8.79. The van der Waals surface area contributed by atoms with Crippen molar-refractivity contribution in [2.75, 3.05) is 32.5 Å². The maximum absolute atomic E-state index is 5.83. The second-order valence-electron chi connectivity index (χ2n) is 5.47. The van der Waals surface area contributed by atoms with Crippen molar-refractivity contribution in [3.05, 3.63) is 36.9 Å². The second-order valence-corrected chi connectivity index (χ2v) is 6.35. The minimum Gasteiger partial charge on any atom is -0.492 e. The molecule has 0 aliphatic carbocycles. The molecule has 2 heterocycles. The first kappa shape index (κ1) is 15.4. The molecule has 1 saturated heterocycles. The molecule has 0 bridgehead atoms. The number of benzene rings is 1. The molecule has 1 fully saturated rings. The minimum atomic E-state index is 0.499. The Morgan fingerprint density at radius 1 is 1.23 bits per heavy atom. The van der Waals surface area contributed by atoms with Gasteiger partial charge in [0.25, 0.3) is 0 Å². The largest absolute Gasteiger partial charge is 0.492 e. The average molecular weight is 318 g/mol. The lowest BCUT2D eigenvalue weighted by Gasteiger charge is -2.31. The van der Waals surface area contributed by atoms with Gasteiger partial charge in [-0.1, -0.05) is 0 Å². The molecule has 2 aromatic rings. The summed E-state index contributed by atoms with van der Waals surface area (Å²) in [6.07, 6.45) is 7.78. The highest BCUT2D eigenvalue weighted by atomic mass is 32.2. The van der Waals surface area contributed by atoms with Crippen molar-refractivity contribution in [3.63, 3.8) is 0 Å². The van der Waals surface area contributed by atoms with E-state index in [0.29, 0.717) is 6.04 Å². The summed E-state index contributed by atoms with van der Waals surface area (Å²) in [7, 11) is 0. The third-order valence-corrected chi connectivity index (χ3v) is 4.85. The van der Waals surface area contributed by atoms with E-state index in [9.17, 15) is 0 Å². The summed E-state index contributed by atoms with van der Waals surface area (Å²) in [6.45, 7) is 3.92. The maximum Gasteiger partial charge on any atom is 0.137 e. The molecule has 0 amide bonds. The standard InChI is InChI=1S/C16H22N4OS/c1-22-16-4-2-15(3-5-16)21-11-10-19-8-6-14(7-9-19)20-13-17-12-18-20/h2-5,12-14H,6-11H2,1H3. The lowest BCUT2D eigenvalue weighted by molar-refractivity contribution is 0.152. The first-order chi connectivity index (χ1) is 10.8. The van der Waals surface area contributed by atoms with E-state index in [1.807, 2.05) is 23.1 Å². The van der Waals surface area contributed by atoms with E-state index in [0.717, 1.165) is 44.8 Å². The van der Waals surface area contributed by atoms with Gasteiger partial charge in [-0.05, 0) is 43.4 Å². The van der Waals surface area contributed by atoms with Crippen molar-refractivity contribution in [2.24, 2.45) is 0 Å². The lowest BCUT2D eigenvalue weighted by atomic mass is 10.1. The predicted octanol–water partition coefficient (Wildman–Crippen LogP) is 2.72. The van der Waals surface area contributed by atoms with Crippen LogP contribution in [0.15, 0.2) is 41.8 Å². The van der Waals surface area contributed by atoms with E-state index in [1.165, 1.54) is 4.90 Å². The second kappa shape index (κ2) is 7.65. The van der Waals surface area contributed by atoms with Gasteiger partial charge in [0.15, 0.2) is 0 Å². The molecular formula is C16H22N4OS. The molecule has 1 aliphatic heterocycles. The van der Waals surface area contributed by atoms with Crippen LogP contribution in [0.5, 0.6) is 5.75 Å².